The van der Waals surface area contributed by atoms with Crippen LogP contribution in [0.3, 0.4) is 0 Å². The third kappa shape index (κ3) is 6.59. The molecule has 32 heavy (non-hydrogen) atoms. The van der Waals surface area contributed by atoms with E-state index in [4.69, 9.17) is 9.47 Å². The monoisotopic (exact) mass is 444 g/mol. The Morgan fingerprint density at radius 3 is 1.44 bits per heavy atom. The molecule has 2 aromatic rings. The lowest BCUT2D eigenvalue weighted by atomic mass is 10.1. The molecule has 168 valence electrons. The molecule has 0 aliphatic carbocycles. The van der Waals surface area contributed by atoms with Gasteiger partial charge in [-0.1, -0.05) is 0 Å². The standard InChI is InChI=1S/C22H20O10/c1-29-21(27)13-3-5-17(23)15(9-13)11-31-19(25)7-8-20(26)32-12-16-10-14(22(28)30-2)4-6-18(16)24/h3-10,23-24H,11-12H2,1-2H3. The van der Waals surface area contributed by atoms with Crippen molar-refractivity contribution in [2.24, 2.45) is 0 Å². The zero-order chi connectivity index (χ0) is 23.7. The van der Waals surface area contributed by atoms with Crippen molar-refractivity contribution in [1.82, 2.24) is 0 Å². The topological polar surface area (TPSA) is 146 Å². The van der Waals surface area contributed by atoms with Crippen molar-refractivity contribution in [3.05, 3.63) is 70.8 Å². The summed E-state index contributed by atoms with van der Waals surface area (Å²) in [6, 6.07) is 7.82. The minimum atomic E-state index is -0.902. The summed E-state index contributed by atoms with van der Waals surface area (Å²) in [5, 5.41) is 19.6. The summed E-state index contributed by atoms with van der Waals surface area (Å²) in [5.41, 5.74) is 0.654. The van der Waals surface area contributed by atoms with Crippen LogP contribution in [0.15, 0.2) is 48.6 Å². The van der Waals surface area contributed by atoms with E-state index in [9.17, 15) is 29.4 Å². The summed E-state index contributed by atoms with van der Waals surface area (Å²) in [6.45, 7) is -0.716. The molecule has 0 saturated heterocycles. The lowest BCUT2D eigenvalue weighted by Crippen LogP contribution is -2.07. The van der Waals surface area contributed by atoms with Crippen molar-refractivity contribution in [2.45, 2.75) is 13.2 Å². The van der Waals surface area contributed by atoms with Gasteiger partial charge in [0, 0.05) is 23.3 Å². The Kier molecular flexibility index (Phi) is 8.35. The van der Waals surface area contributed by atoms with Gasteiger partial charge in [-0.2, -0.15) is 0 Å². The molecule has 0 fully saturated rings. The first-order chi connectivity index (χ1) is 15.2. The average Bonchev–Trinajstić information content (AvgIpc) is 2.80. The lowest BCUT2D eigenvalue weighted by molar-refractivity contribution is -0.141. The van der Waals surface area contributed by atoms with Gasteiger partial charge in [0.25, 0.3) is 0 Å². The van der Waals surface area contributed by atoms with E-state index in [2.05, 4.69) is 9.47 Å². The van der Waals surface area contributed by atoms with Crippen LogP contribution in [0.4, 0.5) is 0 Å². The van der Waals surface area contributed by atoms with Gasteiger partial charge >= 0.3 is 23.9 Å². The fourth-order valence-electron chi connectivity index (χ4n) is 2.42. The number of aromatic hydroxyl groups is 2. The van der Waals surface area contributed by atoms with Gasteiger partial charge in [0.15, 0.2) is 0 Å². The minimum Gasteiger partial charge on any atom is -0.508 e. The summed E-state index contributed by atoms with van der Waals surface area (Å²) in [5.74, 6) is -3.43. The molecule has 0 heterocycles. The molecule has 2 aromatic carbocycles. The quantitative estimate of drug-likeness (QED) is 0.352. The molecular weight excluding hydrogens is 424 g/mol. The van der Waals surface area contributed by atoms with Gasteiger partial charge in [0.1, 0.15) is 24.7 Å². The van der Waals surface area contributed by atoms with Crippen LogP contribution in [0.1, 0.15) is 31.8 Å². The highest BCUT2D eigenvalue weighted by Gasteiger charge is 2.12. The normalized spacial score (nSPS) is 10.4. The van der Waals surface area contributed by atoms with E-state index in [0.29, 0.717) is 0 Å². The second kappa shape index (κ2) is 11.2. The number of carbonyl (C=O) groups excluding carboxylic acids is 4. The molecule has 2 N–H and O–H groups in total. The van der Waals surface area contributed by atoms with E-state index in [1.165, 1.54) is 50.6 Å². The van der Waals surface area contributed by atoms with Gasteiger partial charge in [-0.25, -0.2) is 19.2 Å². The van der Waals surface area contributed by atoms with E-state index >= 15 is 0 Å². The van der Waals surface area contributed by atoms with E-state index in [0.717, 1.165) is 12.2 Å². The Labute approximate surface area is 182 Å². The first-order valence-electron chi connectivity index (χ1n) is 9.07. The van der Waals surface area contributed by atoms with Gasteiger partial charge in [-0.3, -0.25) is 0 Å². The van der Waals surface area contributed by atoms with Crippen LogP contribution < -0.4 is 0 Å². The smallest absolute Gasteiger partial charge is 0.337 e. The van der Waals surface area contributed by atoms with Crippen LogP contribution in [-0.2, 0) is 41.8 Å². The lowest BCUT2D eigenvalue weighted by Gasteiger charge is -2.08. The molecule has 0 radical (unpaired) electrons. The van der Waals surface area contributed by atoms with Crippen LogP contribution >= 0.6 is 0 Å². The number of hydrogen-bond acceptors (Lipinski definition) is 10. The average molecular weight is 444 g/mol. The van der Waals surface area contributed by atoms with Crippen LogP contribution in [0, 0.1) is 0 Å². The Bertz CT molecular complexity index is 971. The van der Waals surface area contributed by atoms with Crippen LogP contribution in [0.25, 0.3) is 0 Å². The molecule has 0 spiro atoms. The summed E-state index contributed by atoms with van der Waals surface area (Å²) in [7, 11) is 2.41. The number of phenols is 2. The number of phenolic OH excluding ortho intramolecular Hbond substituents is 2. The Morgan fingerprint density at radius 1 is 0.719 bits per heavy atom. The van der Waals surface area contributed by atoms with Crippen LogP contribution in [-0.4, -0.2) is 48.3 Å². The predicted molar refractivity (Wildman–Crippen MR) is 108 cm³/mol. The van der Waals surface area contributed by atoms with E-state index in [1.54, 1.807) is 0 Å². The van der Waals surface area contributed by atoms with E-state index in [-0.39, 0.29) is 47.0 Å². The number of carbonyl (C=O) groups is 4. The molecule has 0 saturated carbocycles. The number of methoxy groups -OCH3 is 2. The predicted octanol–water partition coefficient (Wildman–Crippen LogP) is 2.01. The molecular formula is C22H20O10. The maximum Gasteiger partial charge on any atom is 0.337 e. The third-order valence-electron chi connectivity index (χ3n) is 4.10. The summed E-state index contributed by atoms with van der Waals surface area (Å²) in [4.78, 5) is 46.7. The summed E-state index contributed by atoms with van der Waals surface area (Å²) >= 11 is 0. The van der Waals surface area contributed by atoms with E-state index < -0.39 is 23.9 Å². The van der Waals surface area contributed by atoms with Crippen molar-refractivity contribution in [3.8, 4) is 11.5 Å². The van der Waals surface area contributed by atoms with Gasteiger partial charge < -0.3 is 29.2 Å². The highest BCUT2D eigenvalue weighted by molar-refractivity contribution is 5.92. The molecule has 0 atom stereocenters. The van der Waals surface area contributed by atoms with Crippen molar-refractivity contribution in [2.75, 3.05) is 14.2 Å². The molecule has 2 rings (SSSR count). The molecule has 0 amide bonds. The van der Waals surface area contributed by atoms with Crippen molar-refractivity contribution in [1.29, 1.82) is 0 Å². The maximum absolute atomic E-state index is 11.8. The summed E-state index contributed by atoms with van der Waals surface area (Å²) in [6.07, 6.45) is 1.63. The molecule has 10 nitrogen and oxygen atoms in total. The molecule has 0 bridgehead atoms. The maximum atomic E-state index is 11.8. The first kappa shape index (κ1) is 23.9. The fourth-order valence-corrected chi connectivity index (χ4v) is 2.42. The second-order valence-electron chi connectivity index (χ2n) is 6.22. The van der Waals surface area contributed by atoms with Crippen molar-refractivity contribution in [3.63, 3.8) is 0 Å². The number of benzene rings is 2. The van der Waals surface area contributed by atoms with Crippen LogP contribution in [0.5, 0.6) is 11.5 Å². The number of rotatable bonds is 8. The SMILES string of the molecule is COC(=O)c1ccc(O)c(COC(=O)C=CC(=O)OCc2cc(C(=O)OC)ccc2O)c1. The summed E-state index contributed by atoms with van der Waals surface area (Å²) < 4.78 is 19.0. The largest absolute Gasteiger partial charge is 0.508 e. The number of esters is 4. The Morgan fingerprint density at radius 2 is 1.09 bits per heavy atom. The van der Waals surface area contributed by atoms with Gasteiger partial charge in [0.2, 0.25) is 0 Å². The Balaban J connectivity index is 1.90. The zero-order valence-electron chi connectivity index (χ0n) is 17.2. The van der Waals surface area contributed by atoms with Gasteiger partial charge in [-0.05, 0) is 36.4 Å². The minimum absolute atomic E-state index is 0.162. The second-order valence-corrected chi connectivity index (χ2v) is 6.22. The molecule has 0 aromatic heterocycles. The molecule has 10 heteroatoms. The number of ether oxygens (including phenoxy) is 4. The highest BCUT2D eigenvalue weighted by Crippen LogP contribution is 2.21. The highest BCUT2D eigenvalue weighted by atomic mass is 16.5. The van der Waals surface area contributed by atoms with E-state index in [1.807, 2.05) is 0 Å². The van der Waals surface area contributed by atoms with Crippen LogP contribution in [0.2, 0.25) is 0 Å². The molecule has 0 unspecified atom stereocenters. The van der Waals surface area contributed by atoms with Crippen molar-refractivity contribution >= 4 is 23.9 Å². The number of hydrogen-bond donors (Lipinski definition) is 2. The first-order valence-corrected chi connectivity index (χ1v) is 9.07. The Hall–Kier alpha value is -4.34. The molecule has 0 aliphatic heterocycles. The fraction of sp³-hybridized carbons (Fsp3) is 0.182. The molecule has 0 aliphatic rings. The third-order valence-corrected chi connectivity index (χ3v) is 4.10. The van der Waals surface area contributed by atoms with Gasteiger partial charge in [0.05, 0.1) is 25.3 Å². The van der Waals surface area contributed by atoms with Crippen molar-refractivity contribution < 1.29 is 48.3 Å². The van der Waals surface area contributed by atoms with Gasteiger partial charge in [-0.15, -0.1) is 0 Å². The zero-order valence-corrected chi connectivity index (χ0v) is 17.2.